The van der Waals surface area contributed by atoms with Gasteiger partial charge in [0.25, 0.3) is 11.8 Å². The third-order valence-corrected chi connectivity index (χ3v) is 6.74. The van der Waals surface area contributed by atoms with Crippen molar-refractivity contribution < 1.29 is 28.4 Å². The first-order valence-electron chi connectivity index (χ1n) is 12.2. The third kappa shape index (κ3) is 4.96. The van der Waals surface area contributed by atoms with Gasteiger partial charge < -0.3 is 15.4 Å². The maximum Gasteiger partial charge on any atom is 0.337 e. The standard InChI is InChI=1S/C27H23FN6O6/c1-14-9-15(3-7-19(14)28)12-29-25(35)21-11-22(33-24(31-21)23(13-30-33)34(38)39)26(36)32-20-8-5-16-10-17(27(37)40-2)4-6-18(16)20/h3-4,6-7,9-11,13,20H,5,8,12H2,1-2H3,(H,29,35)(H,32,36)/t20-/m0/s1. The number of halogens is 1. The van der Waals surface area contributed by atoms with Crippen molar-refractivity contribution in [3.05, 3.63) is 104 Å². The van der Waals surface area contributed by atoms with Crippen LogP contribution in [0.2, 0.25) is 0 Å². The molecule has 204 valence electrons. The van der Waals surface area contributed by atoms with E-state index in [4.69, 9.17) is 4.74 Å². The molecular weight excluding hydrogens is 523 g/mol. The number of carbonyl (C=O) groups excluding carboxylic acids is 3. The van der Waals surface area contributed by atoms with E-state index in [1.165, 1.54) is 25.3 Å². The SMILES string of the molecule is COC(=O)c1ccc2c(c1)CC[C@@H]2NC(=O)c1cc(C(=O)NCc2ccc(F)c(C)c2)nc2c([N+](=O)[O-])cnn12. The summed E-state index contributed by atoms with van der Waals surface area (Å²) in [6.07, 6.45) is 2.13. The van der Waals surface area contributed by atoms with E-state index in [1.54, 1.807) is 31.2 Å². The van der Waals surface area contributed by atoms with Crippen LogP contribution in [-0.4, -0.2) is 44.4 Å². The molecule has 0 saturated heterocycles. The average Bonchev–Trinajstić information content (AvgIpc) is 3.56. The van der Waals surface area contributed by atoms with Crippen LogP contribution in [0, 0.1) is 22.9 Å². The number of carbonyl (C=O) groups is 3. The largest absolute Gasteiger partial charge is 0.465 e. The van der Waals surface area contributed by atoms with Gasteiger partial charge in [-0.2, -0.15) is 5.10 Å². The Morgan fingerprint density at radius 1 is 1.18 bits per heavy atom. The van der Waals surface area contributed by atoms with E-state index in [9.17, 15) is 28.9 Å². The van der Waals surface area contributed by atoms with Gasteiger partial charge in [-0.1, -0.05) is 18.2 Å². The van der Waals surface area contributed by atoms with E-state index >= 15 is 0 Å². The topological polar surface area (TPSA) is 158 Å². The Labute approximate surface area is 226 Å². The number of nitro groups is 1. The lowest BCUT2D eigenvalue weighted by atomic mass is 10.0. The number of fused-ring (bicyclic) bond motifs is 2. The number of hydrogen-bond acceptors (Lipinski definition) is 8. The quantitative estimate of drug-likeness (QED) is 0.203. The fourth-order valence-corrected chi connectivity index (χ4v) is 4.69. The lowest BCUT2D eigenvalue weighted by Crippen LogP contribution is -2.30. The molecule has 2 heterocycles. The normalized spacial score (nSPS) is 14.0. The number of aromatic nitrogens is 3. The van der Waals surface area contributed by atoms with Crippen LogP contribution >= 0.6 is 0 Å². The number of amides is 2. The molecule has 2 N–H and O–H groups in total. The molecule has 0 spiro atoms. The minimum Gasteiger partial charge on any atom is -0.465 e. The number of nitrogens with zero attached hydrogens (tertiary/aromatic N) is 4. The highest BCUT2D eigenvalue weighted by Crippen LogP contribution is 2.32. The minimum atomic E-state index is -0.702. The van der Waals surface area contributed by atoms with Crippen LogP contribution in [0.5, 0.6) is 0 Å². The smallest absolute Gasteiger partial charge is 0.337 e. The molecule has 0 bridgehead atoms. The molecule has 4 aromatic rings. The van der Waals surface area contributed by atoms with Crippen molar-refractivity contribution in [3.8, 4) is 0 Å². The number of methoxy groups -OCH3 is 1. The van der Waals surface area contributed by atoms with E-state index < -0.39 is 34.4 Å². The Morgan fingerprint density at radius 2 is 1.98 bits per heavy atom. The molecule has 1 atom stereocenters. The third-order valence-electron chi connectivity index (χ3n) is 6.74. The summed E-state index contributed by atoms with van der Waals surface area (Å²) < 4.78 is 19.4. The number of benzene rings is 2. The van der Waals surface area contributed by atoms with E-state index in [0.717, 1.165) is 21.8 Å². The molecule has 5 rings (SSSR count). The monoisotopic (exact) mass is 546 g/mol. The summed E-state index contributed by atoms with van der Waals surface area (Å²) in [5, 5.41) is 21.1. The van der Waals surface area contributed by atoms with E-state index in [2.05, 4.69) is 20.7 Å². The summed E-state index contributed by atoms with van der Waals surface area (Å²) in [5.74, 6) is -2.14. The molecule has 1 aliphatic rings. The van der Waals surface area contributed by atoms with Gasteiger partial charge in [0, 0.05) is 12.6 Å². The second kappa shape index (κ2) is 10.5. The molecule has 2 aromatic heterocycles. The summed E-state index contributed by atoms with van der Waals surface area (Å²) in [7, 11) is 1.30. The molecule has 0 radical (unpaired) electrons. The fraction of sp³-hybridized carbons (Fsp3) is 0.222. The summed E-state index contributed by atoms with van der Waals surface area (Å²) >= 11 is 0. The zero-order valence-electron chi connectivity index (χ0n) is 21.4. The Kier molecular flexibility index (Phi) is 6.94. The van der Waals surface area contributed by atoms with Crippen molar-refractivity contribution in [2.75, 3.05) is 7.11 Å². The highest BCUT2D eigenvalue weighted by molar-refractivity contribution is 5.99. The molecule has 13 heteroatoms. The first-order valence-corrected chi connectivity index (χ1v) is 12.2. The zero-order valence-corrected chi connectivity index (χ0v) is 21.4. The maximum absolute atomic E-state index is 13.6. The first-order chi connectivity index (χ1) is 19.2. The Balaban J connectivity index is 1.43. The zero-order chi connectivity index (χ0) is 28.6. The van der Waals surface area contributed by atoms with Crippen molar-refractivity contribution in [2.45, 2.75) is 32.4 Å². The molecule has 40 heavy (non-hydrogen) atoms. The van der Waals surface area contributed by atoms with Gasteiger partial charge in [-0.05, 0) is 60.2 Å². The lowest BCUT2D eigenvalue weighted by Gasteiger charge is -2.15. The van der Waals surface area contributed by atoms with Crippen LogP contribution in [0.3, 0.4) is 0 Å². The predicted molar refractivity (Wildman–Crippen MR) is 138 cm³/mol. The van der Waals surface area contributed by atoms with Crippen molar-refractivity contribution >= 4 is 29.1 Å². The number of esters is 1. The minimum absolute atomic E-state index is 0.0438. The lowest BCUT2D eigenvalue weighted by molar-refractivity contribution is -0.383. The van der Waals surface area contributed by atoms with Crippen LogP contribution in [-0.2, 0) is 17.7 Å². The molecule has 0 unspecified atom stereocenters. The van der Waals surface area contributed by atoms with Crippen LogP contribution in [0.25, 0.3) is 5.65 Å². The van der Waals surface area contributed by atoms with Gasteiger partial charge in [-0.3, -0.25) is 19.7 Å². The van der Waals surface area contributed by atoms with Crippen LogP contribution in [0.4, 0.5) is 10.1 Å². The van der Waals surface area contributed by atoms with Crippen LogP contribution in [0.1, 0.15) is 66.1 Å². The van der Waals surface area contributed by atoms with E-state index in [0.29, 0.717) is 29.5 Å². The first kappa shape index (κ1) is 26.4. The maximum atomic E-state index is 13.6. The van der Waals surface area contributed by atoms with Gasteiger partial charge in [0.15, 0.2) is 0 Å². The van der Waals surface area contributed by atoms with Gasteiger partial charge in [0.05, 0.1) is 23.6 Å². The second-order valence-corrected chi connectivity index (χ2v) is 9.29. The van der Waals surface area contributed by atoms with Gasteiger partial charge in [0.2, 0.25) is 5.65 Å². The summed E-state index contributed by atoms with van der Waals surface area (Å²) in [6.45, 7) is 1.64. The van der Waals surface area contributed by atoms with Crippen molar-refractivity contribution in [2.24, 2.45) is 0 Å². The van der Waals surface area contributed by atoms with Crippen LogP contribution < -0.4 is 10.6 Å². The summed E-state index contributed by atoms with van der Waals surface area (Å²) in [5.41, 5.74) is 2.07. The van der Waals surface area contributed by atoms with Crippen molar-refractivity contribution in [1.82, 2.24) is 25.2 Å². The number of ether oxygens (including phenoxy) is 1. The molecule has 0 saturated carbocycles. The molecule has 2 amide bonds. The molecule has 2 aromatic carbocycles. The predicted octanol–water partition coefficient (Wildman–Crippen LogP) is 3.22. The molecular formula is C27H23FN6O6. The van der Waals surface area contributed by atoms with Gasteiger partial charge in [0.1, 0.15) is 23.4 Å². The highest BCUT2D eigenvalue weighted by atomic mass is 19.1. The number of aryl methyl sites for hydroxylation is 2. The van der Waals surface area contributed by atoms with E-state index in [-0.39, 0.29) is 29.4 Å². The second-order valence-electron chi connectivity index (χ2n) is 9.29. The fourth-order valence-electron chi connectivity index (χ4n) is 4.69. The number of nitrogens with one attached hydrogen (secondary N) is 2. The Morgan fingerprint density at radius 3 is 2.70 bits per heavy atom. The Hall–Kier alpha value is -5.20. The van der Waals surface area contributed by atoms with Crippen LogP contribution in [0.15, 0.2) is 48.7 Å². The number of hydrogen-bond donors (Lipinski definition) is 2. The van der Waals surface area contributed by atoms with Gasteiger partial charge in [-0.15, -0.1) is 0 Å². The highest BCUT2D eigenvalue weighted by Gasteiger charge is 2.29. The van der Waals surface area contributed by atoms with Crippen molar-refractivity contribution in [3.63, 3.8) is 0 Å². The summed E-state index contributed by atoms with van der Waals surface area (Å²) in [4.78, 5) is 53.3. The van der Waals surface area contributed by atoms with Gasteiger partial charge >= 0.3 is 11.7 Å². The molecule has 0 fully saturated rings. The van der Waals surface area contributed by atoms with E-state index in [1.807, 2.05) is 0 Å². The summed E-state index contributed by atoms with van der Waals surface area (Å²) in [6, 6.07) is 10.3. The van der Waals surface area contributed by atoms with Gasteiger partial charge in [-0.25, -0.2) is 18.7 Å². The Bertz CT molecular complexity index is 1700. The molecule has 12 nitrogen and oxygen atoms in total. The van der Waals surface area contributed by atoms with Crippen molar-refractivity contribution in [1.29, 1.82) is 0 Å². The number of rotatable bonds is 7. The average molecular weight is 547 g/mol. The molecule has 1 aliphatic carbocycles. The molecule has 0 aliphatic heterocycles.